The molecule has 0 spiro atoms. The van der Waals surface area contributed by atoms with Crippen molar-refractivity contribution in [3.63, 3.8) is 0 Å². The lowest BCUT2D eigenvalue weighted by Gasteiger charge is -2.31. The van der Waals surface area contributed by atoms with Crippen LogP contribution in [-0.2, 0) is 16.1 Å². The van der Waals surface area contributed by atoms with Crippen molar-refractivity contribution in [2.75, 3.05) is 19.6 Å². The molecule has 1 aromatic rings. The third-order valence-electron chi connectivity index (χ3n) is 4.06. The van der Waals surface area contributed by atoms with Gasteiger partial charge in [0.05, 0.1) is 12.6 Å². The van der Waals surface area contributed by atoms with Gasteiger partial charge >= 0.3 is 6.09 Å². The van der Waals surface area contributed by atoms with Crippen molar-refractivity contribution >= 4 is 12.0 Å². The second-order valence-electron chi connectivity index (χ2n) is 6.03. The van der Waals surface area contributed by atoms with Crippen molar-refractivity contribution < 1.29 is 14.3 Å². The number of hydrogen-bond acceptors (Lipinski definition) is 4. The molecule has 1 aliphatic heterocycles. The number of ether oxygens (including phenoxy) is 1. The Morgan fingerprint density at radius 2 is 2.04 bits per heavy atom. The minimum Gasteiger partial charge on any atom is -0.445 e. The molecule has 23 heavy (non-hydrogen) atoms. The zero-order chi connectivity index (χ0) is 16.8. The molecule has 1 aliphatic rings. The lowest BCUT2D eigenvalue weighted by molar-refractivity contribution is -0.128. The van der Waals surface area contributed by atoms with Gasteiger partial charge in [0.2, 0.25) is 5.91 Å². The highest BCUT2D eigenvalue weighted by molar-refractivity contribution is 5.78. The zero-order valence-electron chi connectivity index (χ0n) is 13.8. The average molecular weight is 319 g/mol. The van der Waals surface area contributed by atoms with Crippen molar-refractivity contribution in [1.29, 1.82) is 0 Å². The van der Waals surface area contributed by atoms with E-state index in [1.165, 1.54) is 0 Å². The zero-order valence-corrected chi connectivity index (χ0v) is 13.8. The summed E-state index contributed by atoms with van der Waals surface area (Å²) in [6.45, 7) is 5.33. The standard InChI is InChI=1S/C17H25N3O3/c1-13(2)20(15-8-9-19(11-15)16(21)10-18)17(22)23-12-14-6-4-3-5-7-14/h3-7,13,15H,8-12,18H2,1-2H3/t15-/m1/s1. The highest BCUT2D eigenvalue weighted by Gasteiger charge is 2.34. The van der Waals surface area contributed by atoms with Crippen LogP contribution in [-0.4, -0.2) is 53.5 Å². The molecule has 6 heteroatoms. The number of nitrogens with two attached hydrogens (primary N) is 1. The first-order chi connectivity index (χ1) is 11.0. The Kier molecular flexibility index (Phi) is 5.98. The lowest BCUT2D eigenvalue weighted by Crippen LogP contribution is -2.47. The number of benzene rings is 1. The molecule has 0 unspecified atom stereocenters. The maximum atomic E-state index is 12.5. The summed E-state index contributed by atoms with van der Waals surface area (Å²) >= 11 is 0. The van der Waals surface area contributed by atoms with E-state index in [9.17, 15) is 9.59 Å². The first-order valence-corrected chi connectivity index (χ1v) is 7.99. The number of carbonyl (C=O) groups excluding carboxylic acids is 2. The average Bonchev–Trinajstić information content (AvgIpc) is 3.02. The molecule has 0 aromatic heterocycles. The van der Waals surface area contributed by atoms with Crippen LogP contribution in [0, 0.1) is 0 Å². The molecule has 0 radical (unpaired) electrons. The second-order valence-corrected chi connectivity index (χ2v) is 6.03. The minimum atomic E-state index is -0.337. The summed E-state index contributed by atoms with van der Waals surface area (Å²) in [4.78, 5) is 27.6. The molecule has 126 valence electrons. The molecule has 1 atom stereocenters. The van der Waals surface area contributed by atoms with E-state index >= 15 is 0 Å². The summed E-state index contributed by atoms with van der Waals surface area (Å²) in [5.41, 5.74) is 6.36. The fraction of sp³-hybridized carbons (Fsp3) is 0.529. The van der Waals surface area contributed by atoms with E-state index in [1.807, 2.05) is 44.2 Å². The van der Waals surface area contributed by atoms with Crippen LogP contribution in [0.3, 0.4) is 0 Å². The first-order valence-electron chi connectivity index (χ1n) is 7.99. The van der Waals surface area contributed by atoms with Crippen molar-refractivity contribution in [3.8, 4) is 0 Å². The number of hydrogen-bond donors (Lipinski definition) is 1. The van der Waals surface area contributed by atoms with Crippen LogP contribution >= 0.6 is 0 Å². The molecule has 2 amide bonds. The van der Waals surface area contributed by atoms with Crippen LogP contribution in [0.4, 0.5) is 4.79 Å². The van der Waals surface area contributed by atoms with Crippen LogP contribution in [0.15, 0.2) is 30.3 Å². The summed E-state index contributed by atoms with van der Waals surface area (Å²) in [5, 5.41) is 0. The molecule has 1 heterocycles. The van der Waals surface area contributed by atoms with Crippen molar-refractivity contribution in [1.82, 2.24) is 9.80 Å². The quantitative estimate of drug-likeness (QED) is 0.894. The molecule has 6 nitrogen and oxygen atoms in total. The van der Waals surface area contributed by atoms with E-state index in [0.717, 1.165) is 12.0 Å². The van der Waals surface area contributed by atoms with Crippen LogP contribution in [0.1, 0.15) is 25.8 Å². The van der Waals surface area contributed by atoms with Gasteiger partial charge in [0.25, 0.3) is 0 Å². The minimum absolute atomic E-state index is 0.00680. The molecule has 2 N–H and O–H groups in total. The molecule has 1 fully saturated rings. The van der Waals surface area contributed by atoms with Gasteiger partial charge in [-0.1, -0.05) is 30.3 Å². The topological polar surface area (TPSA) is 75.9 Å². The SMILES string of the molecule is CC(C)N(C(=O)OCc1ccccc1)[C@@H]1CCN(C(=O)CN)C1. The number of amides is 2. The van der Waals surface area contributed by atoms with Crippen LogP contribution in [0.5, 0.6) is 0 Å². The highest BCUT2D eigenvalue weighted by Crippen LogP contribution is 2.19. The molecule has 1 saturated heterocycles. The Bertz CT molecular complexity index is 533. The van der Waals surface area contributed by atoms with Gasteiger partial charge in [-0.2, -0.15) is 0 Å². The molecule has 0 bridgehead atoms. The summed E-state index contributed by atoms with van der Waals surface area (Å²) in [6.07, 6.45) is 0.417. The van der Waals surface area contributed by atoms with E-state index in [-0.39, 0.29) is 37.2 Å². The monoisotopic (exact) mass is 319 g/mol. The fourth-order valence-electron chi connectivity index (χ4n) is 2.90. The van der Waals surface area contributed by atoms with E-state index in [4.69, 9.17) is 10.5 Å². The van der Waals surface area contributed by atoms with Crippen molar-refractivity contribution in [2.45, 2.75) is 39.0 Å². The number of carbonyl (C=O) groups is 2. The van der Waals surface area contributed by atoms with Crippen LogP contribution in [0.25, 0.3) is 0 Å². The Morgan fingerprint density at radius 1 is 1.35 bits per heavy atom. The maximum absolute atomic E-state index is 12.5. The summed E-state index contributed by atoms with van der Waals surface area (Å²) in [5.74, 6) is -0.0751. The van der Waals surface area contributed by atoms with Gasteiger partial charge in [0.15, 0.2) is 0 Å². The predicted molar refractivity (Wildman–Crippen MR) is 87.6 cm³/mol. The van der Waals surface area contributed by atoms with E-state index in [0.29, 0.717) is 13.1 Å². The summed E-state index contributed by atoms with van der Waals surface area (Å²) in [6, 6.07) is 9.58. The van der Waals surface area contributed by atoms with Gasteiger partial charge in [-0.3, -0.25) is 4.79 Å². The summed E-state index contributed by atoms with van der Waals surface area (Å²) in [7, 11) is 0. The molecule has 2 rings (SSSR count). The third kappa shape index (κ3) is 4.45. The Hall–Kier alpha value is -2.08. The number of nitrogens with zero attached hydrogens (tertiary/aromatic N) is 2. The van der Waals surface area contributed by atoms with Gasteiger partial charge < -0.3 is 20.3 Å². The van der Waals surface area contributed by atoms with Crippen LogP contribution in [0.2, 0.25) is 0 Å². The lowest BCUT2D eigenvalue weighted by atomic mass is 10.2. The largest absolute Gasteiger partial charge is 0.445 e. The van der Waals surface area contributed by atoms with Gasteiger partial charge in [-0.15, -0.1) is 0 Å². The van der Waals surface area contributed by atoms with Gasteiger partial charge in [0.1, 0.15) is 6.61 Å². The number of rotatable bonds is 5. The van der Waals surface area contributed by atoms with Crippen molar-refractivity contribution in [3.05, 3.63) is 35.9 Å². The van der Waals surface area contributed by atoms with Gasteiger partial charge in [-0.05, 0) is 25.8 Å². The van der Waals surface area contributed by atoms with E-state index in [2.05, 4.69) is 0 Å². The fourth-order valence-corrected chi connectivity index (χ4v) is 2.90. The smallest absolute Gasteiger partial charge is 0.410 e. The Balaban J connectivity index is 1.95. The van der Waals surface area contributed by atoms with Gasteiger partial charge in [0, 0.05) is 19.1 Å². The molecule has 0 saturated carbocycles. The Morgan fingerprint density at radius 3 is 2.65 bits per heavy atom. The summed E-state index contributed by atoms with van der Waals surface area (Å²) < 4.78 is 5.44. The maximum Gasteiger partial charge on any atom is 0.410 e. The predicted octanol–water partition coefficient (Wildman–Crippen LogP) is 1.59. The highest BCUT2D eigenvalue weighted by atomic mass is 16.6. The normalized spacial score (nSPS) is 17.4. The molecule has 1 aromatic carbocycles. The first kappa shape index (κ1) is 17.3. The molecule has 0 aliphatic carbocycles. The van der Waals surface area contributed by atoms with Crippen molar-refractivity contribution in [2.24, 2.45) is 5.73 Å². The molecular formula is C17H25N3O3. The van der Waals surface area contributed by atoms with E-state index in [1.54, 1.807) is 9.80 Å². The van der Waals surface area contributed by atoms with Gasteiger partial charge in [-0.25, -0.2) is 4.79 Å². The molecular weight excluding hydrogens is 294 g/mol. The Labute approximate surface area is 137 Å². The van der Waals surface area contributed by atoms with Crippen LogP contribution < -0.4 is 5.73 Å². The third-order valence-corrected chi connectivity index (χ3v) is 4.06. The number of likely N-dealkylation sites (tertiary alicyclic amines) is 1. The van der Waals surface area contributed by atoms with E-state index < -0.39 is 0 Å². The second kappa shape index (κ2) is 7.97.